The van der Waals surface area contributed by atoms with Gasteiger partial charge in [0.05, 0.1) is 12.4 Å². The Kier molecular flexibility index (Phi) is 0.704. The van der Waals surface area contributed by atoms with Gasteiger partial charge in [-0.15, -0.1) is 0 Å². The summed E-state index contributed by atoms with van der Waals surface area (Å²) >= 11 is 0. The number of fused-ring (bicyclic) bond motifs is 1. The number of hydrogen-bond acceptors (Lipinski definition) is 2. The molecule has 0 spiro atoms. The molecule has 2 heterocycles. The van der Waals surface area contributed by atoms with E-state index in [9.17, 15) is 0 Å². The molecule has 0 aliphatic heterocycles. The fourth-order valence-corrected chi connectivity index (χ4v) is 0.843. The minimum Gasteiger partial charge on any atom is -0.442 e. The number of hydrogen-bond donors (Lipinski definition) is 0. The first-order chi connectivity index (χ1) is 4.36. The molecule has 0 bridgehead atoms. The third-order valence-electron chi connectivity index (χ3n) is 1.20. The standard InChI is InChI=1S/C6H6N2O/c1-5-4-8-6(9-5)2-3-7-8/h2-4H,1H3. The minimum absolute atomic E-state index is 0.799. The molecule has 0 radical (unpaired) electrons. The zero-order valence-electron chi connectivity index (χ0n) is 5.03. The van der Waals surface area contributed by atoms with Gasteiger partial charge in [-0.1, -0.05) is 0 Å². The molecule has 0 saturated carbocycles. The summed E-state index contributed by atoms with van der Waals surface area (Å²) in [4.78, 5) is 0. The summed E-state index contributed by atoms with van der Waals surface area (Å²) in [5.74, 6) is 0.887. The van der Waals surface area contributed by atoms with Crippen molar-refractivity contribution in [2.45, 2.75) is 6.92 Å². The molecule has 0 fully saturated rings. The molecule has 9 heavy (non-hydrogen) atoms. The van der Waals surface area contributed by atoms with Gasteiger partial charge in [-0.3, -0.25) is 0 Å². The summed E-state index contributed by atoms with van der Waals surface area (Å²) < 4.78 is 6.91. The maximum atomic E-state index is 5.21. The molecule has 46 valence electrons. The average molecular weight is 122 g/mol. The molecule has 0 amide bonds. The molecule has 0 saturated heterocycles. The van der Waals surface area contributed by atoms with Gasteiger partial charge in [-0.25, -0.2) is 4.52 Å². The molecular weight excluding hydrogens is 116 g/mol. The molecule has 0 aliphatic rings. The lowest BCUT2D eigenvalue weighted by Crippen LogP contribution is -1.75. The molecule has 0 N–H and O–H groups in total. The van der Waals surface area contributed by atoms with Gasteiger partial charge in [0.1, 0.15) is 5.76 Å². The molecule has 3 heteroatoms. The van der Waals surface area contributed by atoms with Gasteiger partial charge in [-0.05, 0) is 6.92 Å². The molecule has 0 unspecified atom stereocenters. The topological polar surface area (TPSA) is 30.4 Å². The largest absolute Gasteiger partial charge is 0.442 e. The van der Waals surface area contributed by atoms with Crippen LogP contribution < -0.4 is 0 Å². The van der Waals surface area contributed by atoms with E-state index >= 15 is 0 Å². The second-order valence-electron chi connectivity index (χ2n) is 1.96. The van der Waals surface area contributed by atoms with Crippen LogP contribution in [0, 0.1) is 6.92 Å². The monoisotopic (exact) mass is 122 g/mol. The van der Waals surface area contributed by atoms with Gasteiger partial charge >= 0.3 is 0 Å². The van der Waals surface area contributed by atoms with E-state index in [1.54, 1.807) is 10.7 Å². The number of nitrogens with zero attached hydrogens (tertiary/aromatic N) is 2. The van der Waals surface area contributed by atoms with Crippen LogP contribution >= 0.6 is 0 Å². The summed E-state index contributed by atoms with van der Waals surface area (Å²) in [5, 5.41) is 3.96. The van der Waals surface area contributed by atoms with E-state index in [1.807, 2.05) is 19.2 Å². The van der Waals surface area contributed by atoms with Crippen molar-refractivity contribution in [3.05, 3.63) is 24.2 Å². The van der Waals surface area contributed by atoms with Crippen molar-refractivity contribution in [2.24, 2.45) is 0 Å². The highest BCUT2D eigenvalue weighted by atomic mass is 16.3. The highest BCUT2D eigenvalue weighted by Gasteiger charge is 1.96. The van der Waals surface area contributed by atoms with Gasteiger partial charge in [0.2, 0.25) is 5.71 Å². The number of rotatable bonds is 0. The number of aryl methyl sites for hydroxylation is 1. The van der Waals surface area contributed by atoms with Crippen LogP contribution in [0.2, 0.25) is 0 Å². The maximum Gasteiger partial charge on any atom is 0.221 e. The first-order valence-electron chi connectivity index (χ1n) is 2.76. The van der Waals surface area contributed by atoms with Crippen LogP contribution in [0.5, 0.6) is 0 Å². The SMILES string of the molecule is Cc1cn2nccc2o1. The quantitative estimate of drug-likeness (QED) is 0.526. The fourth-order valence-electron chi connectivity index (χ4n) is 0.843. The van der Waals surface area contributed by atoms with Crippen molar-refractivity contribution in [3.63, 3.8) is 0 Å². The van der Waals surface area contributed by atoms with Crippen molar-refractivity contribution in [1.82, 2.24) is 9.61 Å². The van der Waals surface area contributed by atoms with E-state index in [-0.39, 0.29) is 0 Å². The van der Waals surface area contributed by atoms with E-state index in [4.69, 9.17) is 4.42 Å². The predicted molar refractivity (Wildman–Crippen MR) is 32.2 cm³/mol. The predicted octanol–water partition coefficient (Wildman–Crippen LogP) is 1.24. The van der Waals surface area contributed by atoms with Gasteiger partial charge in [-0.2, -0.15) is 5.10 Å². The van der Waals surface area contributed by atoms with Crippen LogP contribution in [-0.4, -0.2) is 9.61 Å². The van der Waals surface area contributed by atoms with Crippen LogP contribution in [-0.2, 0) is 0 Å². The van der Waals surface area contributed by atoms with Crippen molar-refractivity contribution < 1.29 is 4.42 Å². The fraction of sp³-hybridized carbons (Fsp3) is 0.167. The summed E-state index contributed by atoms with van der Waals surface area (Å²) in [5.41, 5.74) is 0.799. The van der Waals surface area contributed by atoms with Gasteiger partial charge in [0.15, 0.2) is 0 Å². The molecule has 0 aromatic carbocycles. The molecule has 2 aromatic rings. The molecular formula is C6H6N2O. The normalized spacial score (nSPS) is 10.8. The first-order valence-corrected chi connectivity index (χ1v) is 2.76. The van der Waals surface area contributed by atoms with E-state index < -0.39 is 0 Å². The van der Waals surface area contributed by atoms with Crippen LogP contribution in [0.25, 0.3) is 5.71 Å². The van der Waals surface area contributed by atoms with Crippen LogP contribution in [0.4, 0.5) is 0 Å². The van der Waals surface area contributed by atoms with E-state index in [0.29, 0.717) is 0 Å². The summed E-state index contributed by atoms with van der Waals surface area (Å²) in [6.07, 6.45) is 3.55. The van der Waals surface area contributed by atoms with Crippen molar-refractivity contribution in [1.29, 1.82) is 0 Å². The zero-order chi connectivity index (χ0) is 6.27. The van der Waals surface area contributed by atoms with Crippen molar-refractivity contribution in [3.8, 4) is 0 Å². The van der Waals surface area contributed by atoms with Gasteiger partial charge in [0.25, 0.3) is 0 Å². The first kappa shape index (κ1) is 4.61. The molecule has 0 aliphatic carbocycles. The second-order valence-corrected chi connectivity index (χ2v) is 1.96. The number of aromatic nitrogens is 2. The third kappa shape index (κ3) is 0.543. The lowest BCUT2D eigenvalue weighted by Gasteiger charge is -1.71. The molecule has 3 nitrogen and oxygen atoms in total. The summed E-state index contributed by atoms with van der Waals surface area (Å²) in [6, 6.07) is 1.83. The Balaban J connectivity index is 2.92. The number of oxazole rings is 1. The van der Waals surface area contributed by atoms with Crippen LogP contribution in [0.1, 0.15) is 5.76 Å². The Bertz CT molecular complexity index is 292. The Morgan fingerprint density at radius 3 is 3.33 bits per heavy atom. The Labute approximate surface area is 51.9 Å². The Morgan fingerprint density at radius 1 is 1.67 bits per heavy atom. The average Bonchev–Trinajstić information content (AvgIpc) is 2.22. The van der Waals surface area contributed by atoms with E-state index in [2.05, 4.69) is 5.10 Å². The van der Waals surface area contributed by atoms with E-state index in [0.717, 1.165) is 11.5 Å². The minimum atomic E-state index is 0.799. The Hall–Kier alpha value is -1.25. The van der Waals surface area contributed by atoms with Crippen LogP contribution in [0.15, 0.2) is 22.9 Å². The smallest absolute Gasteiger partial charge is 0.221 e. The maximum absolute atomic E-state index is 5.21. The lowest BCUT2D eigenvalue weighted by molar-refractivity contribution is 0.572. The van der Waals surface area contributed by atoms with Gasteiger partial charge in [0, 0.05) is 6.07 Å². The zero-order valence-corrected chi connectivity index (χ0v) is 5.03. The highest BCUT2D eigenvalue weighted by Crippen LogP contribution is 2.05. The molecule has 2 aromatic heterocycles. The highest BCUT2D eigenvalue weighted by molar-refractivity contribution is 5.31. The summed E-state index contributed by atoms with van der Waals surface area (Å²) in [6.45, 7) is 1.90. The Morgan fingerprint density at radius 2 is 2.56 bits per heavy atom. The van der Waals surface area contributed by atoms with Gasteiger partial charge < -0.3 is 4.42 Å². The molecule has 0 atom stereocenters. The third-order valence-corrected chi connectivity index (χ3v) is 1.20. The van der Waals surface area contributed by atoms with E-state index in [1.165, 1.54) is 0 Å². The lowest BCUT2D eigenvalue weighted by atomic mass is 10.6. The van der Waals surface area contributed by atoms with Crippen molar-refractivity contribution >= 4 is 5.71 Å². The van der Waals surface area contributed by atoms with Crippen molar-refractivity contribution in [2.75, 3.05) is 0 Å². The summed E-state index contributed by atoms with van der Waals surface area (Å²) in [7, 11) is 0. The second kappa shape index (κ2) is 1.37. The van der Waals surface area contributed by atoms with Crippen LogP contribution in [0.3, 0.4) is 0 Å². The molecule has 2 rings (SSSR count).